The number of hydrogen-bond donors (Lipinski definition) is 0. The van der Waals surface area contributed by atoms with Crippen LogP contribution < -0.4 is 10.3 Å². The molecule has 0 N–H and O–H groups in total. The molecule has 1 aromatic carbocycles. The third-order valence-corrected chi connectivity index (χ3v) is 3.57. The molecule has 134 valence electrons. The Morgan fingerprint density at radius 1 is 1.32 bits per heavy atom. The van der Waals surface area contributed by atoms with Crippen molar-refractivity contribution < 1.29 is 22.3 Å². The highest BCUT2D eigenvalue weighted by molar-refractivity contribution is 6.32. The number of rotatable bonds is 3. The van der Waals surface area contributed by atoms with Gasteiger partial charge in [-0.15, -0.1) is 0 Å². The van der Waals surface area contributed by atoms with Gasteiger partial charge in [0.15, 0.2) is 5.69 Å². The van der Waals surface area contributed by atoms with Gasteiger partial charge in [0, 0.05) is 11.6 Å². The summed E-state index contributed by atoms with van der Waals surface area (Å²) in [5.74, 6) is -0.977. The molecule has 0 unspecified atom stereocenters. The molecule has 9 heteroatoms. The van der Waals surface area contributed by atoms with Crippen molar-refractivity contribution in [1.82, 2.24) is 9.55 Å². The predicted molar refractivity (Wildman–Crippen MR) is 84.7 cm³/mol. The number of benzene rings is 1. The van der Waals surface area contributed by atoms with Crippen LogP contribution in [-0.2, 0) is 6.18 Å². The SMILES string of the molecule is C=C(C)Oc1cc(-n2c(C)nc(C(F)(F)F)c(C)c2=O)c(F)cc1Cl. The zero-order valence-electron chi connectivity index (χ0n) is 13.5. The van der Waals surface area contributed by atoms with Gasteiger partial charge in [0.2, 0.25) is 0 Å². The van der Waals surface area contributed by atoms with Gasteiger partial charge in [0.1, 0.15) is 17.4 Å². The van der Waals surface area contributed by atoms with Crippen molar-refractivity contribution in [1.29, 1.82) is 0 Å². The van der Waals surface area contributed by atoms with E-state index in [-0.39, 0.29) is 28.0 Å². The second-order valence-electron chi connectivity index (χ2n) is 5.31. The Balaban J connectivity index is 2.77. The van der Waals surface area contributed by atoms with Gasteiger partial charge in [-0.2, -0.15) is 13.2 Å². The number of allylic oxidation sites excluding steroid dienone is 1. The summed E-state index contributed by atoms with van der Waals surface area (Å²) in [5.41, 5.74) is -3.32. The summed E-state index contributed by atoms with van der Waals surface area (Å²) in [5, 5.41) is -0.0773. The topological polar surface area (TPSA) is 44.1 Å². The fourth-order valence-electron chi connectivity index (χ4n) is 2.23. The minimum atomic E-state index is -4.79. The average Bonchev–Trinajstić information content (AvgIpc) is 2.45. The van der Waals surface area contributed by atoms with Gasteiger partial charge >= 0.3 is 6.18 Å². The fraction of sp³-hybridized carbons (Fsp3) is 0.250. The lowest BCUT2D eigenvalue weighted by Crippen LogP contribution is -2.29. The molecule has 0 saturated heterocycles. The first-order valence-electron chi connectivity index (χ1n) is 6.93. The van der Waals surface area contributed by atoms with E-state index in [0.717, 1.165) is 23.6 Å². The second kappa shape index (κ2) is 6.51. The molecule has 0 aliphatic rings. The number of aryl methyl sites for hydroxylation is 1. The molecule has 0 radical (unpaired) electrons. The number of ether oxygens (including phenoxy) is 1. The standard InChI is InChI=1S/C16H13ClF4N2O2/c1-7(2)25-13-6-12(11(18)5-10(13)17)23-9(4)22-14(16(19,20)21)8(3)15(23)24/h5-6H,1H2,2-4H3. The van der Waals surface area contributed by atoms with Crippen molar-refractivity contribution >= 4 is 11.6 Å². The van der Waals surface area contributed by atoms with E-state index in [0.29, 0.717) is 0 Å². The maximum absolute atomic E-state index is 14.3. The minimum Gasteiger partial charge on any atom is -0.461 e. The van der Waals surface area contributed by atoms with Crippen LogP contribution in [0.1, 0.15) is 24.0 Å². The fourth-order valence-corrected chi connectivity index (χ4v) is 2.42. The maximum Gasteiger partial charge on any atom is 0.433 e. The van der Waals surface area contributed by atoms with Crippen molar-refractivity contribution in [3.8, 4) is 11.4 Å². The Bertz CT molecular complexity index is 920. The van der Waals surface area contributed by atoms with E-state index in [1.807, 2.05) is 0 Å². The third-order valence-electron chi connectivity index (χ3n) is 3.27. The summed E-state index contributed by atoms with van der Waals surface area (Å²) < 4.78 is 59.1. The van der Waals surface area contributed by atoms with Crippen LogP contribution in [0.15, 0.2) is 29.3 Å². The van der Waals surface area contributed by atoms with E-state index in [1.54, 1.807) is 0 Å². The summed E-state index contributed by atoms with van der Waals surface area (Å²) in [7, 11) is 0. The van der Waals surface area contributed by atoms with E-state index in [9.17, 15) is 22.4 Å². The van der Waals surface area contributed by atoms with Crippen molar-refractivity contribution in [3.63, 3.8) is 0 Å². The number of aromatic nitrogens is 2. The molecule has 0 aliphatic heterocycles. The molecule has 4 nitrogen and oxygen atoms in total. The predicted octanol–water partition coefficient (Wildman–Crippen LogP) is 4.57. The molecule has 0 amide bonds. The van der Waals surface area contributed by atoms with Gasteiger partial charge in [-0.1, -0.05) is 18.2 Å². The van der Waals surface area contributed by atoms with Gasteiger partial charge in [-0.25, -0.2) is 9.37 Å². The molecule has 25 heavy (non-hydrogen) atoms. The van der Waals surface area contributed by atoms with Crippen LogP contribution in [0.2, 0.25) is 5.02 Å². The molecule has 1 heterocycles. The van der Waals surface area contributed by atoms with Crippen molar-refractivity contribution in [3.05, 3.63) is 62.7 Å². The largest absolute Gasteiger partial charge is 0.461 e. The Morgan fingerprint density at radius 3 is 2.44 bits per heavy atom. The maximum atomic E-state index is 14.3. The van der Waals surface area contributed by atoms with E-state index in [1.165, 1.54) is 13.8 Å². The Kier molecular flexibility index (Phi) is 4.94. The summed E-state index contributed by atoms with van der Waals surface area (Å²) in [6.45, 7) is 7.20. The van der Waals surface area contributed by atoms with Crippen molar-refractivity contribution in [2.24, 2.45) is 0 Å². The van der Waals surface area contributed by atoms with Crippen LogP contribution in [0.5, 0.6) is 5.75 Å². The Hall–Kier alpha value is -2.35. The van der Waals surface area contributed by atoms with Gasteiger partial charge in [-0.05, 0) is 26.8 Å². The smallest absolute Gasteiger partial charge is 0.433 e. The molecular weight excluding hydrogens is 364 g/mol. The molecule has 2 aromatic rings. The molecule has 2 rings (SSSR count). The van der Waals surface area contributed by atoms with Gasteiger partial charge in [0.05, 0.1) is 16.5 Å². The number of halogens is 5. The molecule has 0 bridgehead atoms. The number of alkyl halides is 3. The molecule has 1 aromatic heterocycles. The van der Waals surface area contributed by atoms with Crippen LogP contribution in [-0.4, -0.2) is 9.55 Å². The first kappa shape index (κ1) is 19.0. The van der Waals surface area contributed by atoms with Gasteiger partial charge < -0.3 is 4.74 Å². The zero-order valence-corrected chi connectivity index (χ0v) is 14.2. The van der Waals surface area contributed by atoms with E-state index >= 15 is 0 Å². The van der Waals surface area contributed by atoms with Crippen LogP contribution in [0.3, 0.4) is 0 Å². The molecular formula is C16H13ClF4N2O2. The number of hydrogen-bond acceptors (Lipinski definition) is 3. The highest BCUT2D eigenvalue weighted by atomic mass is 35.5. The quantitative estimate of drug-likeness (QED) is 0.582. The summed E-state index contributed by atoms with van der Waals surface area (Å²) in [6, 6.07) is 2.00. The molecule has 0 saturated carbocycles. The highest BCUT2D eigenvalue weighted by Gasteiger charge is 2.36. The normalized spacial score (nSPS) is 11.5. The van der Waals surface area contributed by atoms with Crippen LogP contribution in [0, 0.1) is 19.7 Å². The number of nitrogens with zero attached hydrogens (tertiary/aromatic N) is 2. The van der Waals surface area contributed by atoms with Gasteiger partial charge in [0.25, 0.3) is 5.56 Å². The van der Waals surface area contributed by atoms with E-state index < -0.39 is 28.8 Å². The Morgan fingerprint density at radius 2 is 1.92 bits per heavy atom. The summed E-state index contributed by atoms with van der Waals surface area (Å²) in [6.07, 6.45) is -4.79. The first-order chi connectivity index (χ1) is 11.4. The molecule has 0 spiro atoms. The van der Waals surface area contributed by atoms with Crippen molar-refractivity contribution in [2.75, 3.05) is 0 Å². The van der Waals surface area contributed by atoms with E-state index in [2.05, 4.69) is 11.6 Å². The first-order valence-corrected chi connectivity index (χ1v) is 7.31. The lowest BCUT2D eigenvalue weighted by atomic mass is 10.2. The summed E-state index contributed by atoms with van der Waals surface area (Å²) in [4.78, 5) is 15.8. The summed E-state index contributed by atoms with van der Waals surface area (Å²) >= 11 is 5.87. The second-order valence-corrected chi connectivity index (χ2v) is 5.72. The minimum absolute atomic E-state index is 0.00872. The lowest BCUT2D eigenvalue weighted by molar-refractivity contribution is -0.142. The van der Waals surface area contributed by atoms with Gasteiger partial charge in [-0.3, -0.25) is 9.36 Å². The zero-order chi connectivity index (χ0) is 19.1. The molecule has 0 aliphatic carbocycles. The monoisotopic (exact) mass is 376 g/mol. The lowest BCUT2D eigenvalue weighted by Gasteiger charge is -2.17. The van der Waals surface area contributed by atoms with E-state index in [4.69, 9.17) is 16.3 Å². The van der Waals surface area contributed by atoms with Crippen LogP contribution in [0.25, 0.3) is 5.69 Å². The molecule has 0 fully saturated rings. The van der Waals surface area contributed by atoms with Crippen LogP contribution >= 0.6 is 11.6 Å². The Labute approximate surface area is 145 Å². The molecule has 0 atom stereocenters. The third kappa shape index (κ3) is 3.68. The highest BCUT2D eigenvalue weighted by Crippen LogP contribution is 2.32. The average molecular weight is 377 g/mol. The van der Waals surface area contributed by atoms with Crippen LogP contribution in [0.4, 0.5) is 17.6 Å². The van der Waals surface area contributed by atoms with Crippen molar-refractivity contribution in [2.45, 2.75) is 26.9 Å².